The summed E-state index contributed by atoms with van der Waals surface area (Å²) in [5, 5.41) is 5.84. The van der Waals surface area contributed by atoms with Gasteiger partial charge >= 0.3 is 0 Å². The molecule has 0 saturated heterocycles. The largest absolute Gasteiger partial charge is 0.493 e. The Labute approximate surface area is 196 Å². The number of nitrogens with two attached hydrogens (primary N) is 1. The van der Waals surface area contributed by atoms with Gasteiger partial charge in [-0.3, -0.25) is 4.79 Å². The molecule has 0 fully saturated rings. The van der Waals surface area contributed by atoms with E-state index in [1.54, 1.807) is 14.2 Å². The van der Waals surface area contributed by atoms with Gasteiger partial charge in [0.1, 0.15) is 0 Å². The van der Waals surface area contributed by atoms with E-state index < -0.39 is 0 Å². The van der Waals surface area contributed by atoms with Gasteiger partial charge < -0.3 is 25.8 Å². The molecule has 2 rings (SSSR count). The van der Waals surface area contributed by atoms with Crippen molar-refractivity contribution in [2.24, 2.45) is 10.7 Å². The summed E-state index contributed by atoms with van der Waals surface area (Å²) in [5.41, 5.74) is 8.60. The quantitative estimate of drug-likeness (QED) is 0.252. The molecular weight excluding hydrogens is 551 g/mol. The lowest BCUT2D eigenvalue weighted by atomic mass is 10.2. The van der Waals surface area contributed by atoms with Gasteiger partial charge in [-0.05, 0) is 42.3 Å². The predicted molar refractivity (Wildman–Crippen MR) is 130 cm³/mol. The van der Waals surface area contributed by atoms with Crippen molar-refractivity contribution in [2.45, 2.75) is 19.9 Å². The Bertz CT molecular complexity index is 862. The van der Waals surface area contributed by atoms with Gasteiger partial charge in [0.2, 0.25) is 5.91 Å². The van der Waals surface area contributed by atoms with E-state index in [1.807, 2.05) is 43.3 Å². The first kappa shape index (κ1) is 25.0. The van der Waals surface area contributed by atoms with E-state index >= 15 is 0 Å². The lowest BCUT2D eigenvalue weighted by Gasteiger charge is -2.10. The number of nitrogens with one attached hydrogen (secondary N) is 2. The summed E-state index contributed by atoms with van der Waals surface area (Å²) in [5.74, 6) is 1.48. The van der Waals surface area contributed by atoms with Gasteiger partial charge in [0.15, 0.2) is 17.5 Å². The van der Waals surface area contributed by atoms with E-state index in [4.69, 9.17) is 15.2 Å². The number of rotatable bonds is 8. The molecule has 0 radical (unpaired) electrons. The maximum Gasteiger partial charge on any atom is 0.226 e. The van der Waals surface area contributed by atoms with Crippen LogP contribution in [0.3, 0.4) is 0 Å². The number of anilines is 1. The number of aliphatic imine (C=N–C) groups is 1. The minimum Gasteiger partial charge on any atom is -0.493 e. The molecule has 0 bridgehead atoms. The first-order valence-corrected chi connectivity index (χ1v) is 9.53. The third kappa shape index (κ3) is 8.09. The van der Waals surface area contributed by atoms with Gasteiger partial charge in [-0.2, -0.15) is 0 Å². The Balaban J connectivity index is 0.00000420. The number of guanidine groups is 1. The highest BCUT2D eigenvalue weighted by Gasteiger charge is 2.06. The van der Waals surface area contributed by atoms with Crippen LogP contribution >= 0.6 is 39.9 Å². The van der Waals surface area contributed by atoms with Gasteiger partial charge in [0.05, 0.1) is 20.8 Å². The molecule has 0 aliphatic rings. The fourth-order valence-corrected chi connectivity index (χ4v) is 2.82. The smallest absolute Gasteiger partial charge is 0.226 e. The Kier molecular flexibility index (Phi) is 10.8. The molecule has 2 aromatic carbocycles. The summed E-state index contributed by atoms with van der Waals surface area (Å²) in [7, 11) is 3.17. The summed E-state index contributed by atoms with van der Waals surface area (Å²) < 4.78 is 11.4. The minimum atomic E-state index is -0.0959. The predicted octanol–water partition coefficient (Wildman–Crippen LogP) is 3.83. The molecule has 2 aromatic rings. The molecule has 0 saturated carbocycles. The van der Waals surface area contributed by atoms with E-state index in [2.05, 4.69) is 31.6 Å². The van der Waals surface area contributed by atoms with Gasteiger partial charge in [0.25, 0.3) is 0 Å². The van der Waals surface area contributed by atoms with Gasteiger partial charge in [-0.1, -0.05) is 28.1 Å². The van der Waals surface area contributed by atoms with Crippen LogP contribution in [0.4, 0.5) is 5.69 Å². The lowest BCUT2D eigenvalue weighted by Crippen LogP contribution is -2.34. The number of hydrogen-bond acceptors (Lipinski definition) is 4. The number of hydrogen-bond donors (Lipinski definition) is 3. The van der Waals surface area contributed by atoms with Crippen molar-refractivity contribution in [3.8, 4) is 11.5 Å². The van der Waals surface area contributed by atoms with Crippen molar-refractivity contribution in [1.82, 2.24) is 5.32 Å². The Morgan fingerprint density at radius 1 is 1.14 bits per heavy atom. The zero-order valence-corrected chi connectivity index (χ0v) is 20.5. The first-order valence-electron chi connectivity index (χ1n) is 8.73. The molecule has 0 atom stereocenters. The van der Waals surface area contributed by atoms with E-state index in [0.717, 1.165) is 21.3 Å². The van der Waals surface area contributed by atoms with Crippen LogP contribution in [0.1, 0.15) is 17.5 Å². The second-order valence-corrected chi connectivity index (χ2v) is 6.99. The standard InChI is InChI=1S/C20H25BrN4O3.HI/c1-13-4-6-15(21)11-16(13)25-19(26)8-9-23-20(22)24-12-14-5-7-17(27-2)18(10-14)28-3;/h4-7,10-11H,8-9,12H2,1-3H3,(H,25,26)(H3,22,23,24);1H. The maximum absolute atomic E-state index is 12.1. The molecule has 0 aliphatic carbocycles. The summed E-state index contributed by atoms with van der Waals surface area (Å²) in [6.07, 6.45) is 0.276. The topological polar surface area (TPSA) is 98.0 Å². The molecule has 7 nitrogen and oxygen atoms in total. The number of nitrogens with zero attached hydrogens (tertiary/aromatic N) is 1. The van der Waals surface area contributed by atoms with Crippen LogP contribution in [0.15, 0.2) is 45.9 Å². The zero-order valence-electron chi connectivity index (χ0n) is 16.6. The SMILES string of the molecule is COc1ccc(CN=C(N)NCCC(=O)Nc2cc(Br)ccc2C)cc1OC.I. The lowest BCUT2D eigenvalue weighted by molar-refractivity contribution is -0.116. The highest BCUT2D eigenvalue weighted by atomic mass is 127. The van der Waals surface area contributed by atoms with Crippen molar-refractivity contribution in [3.05, 3.63) is 52.0 Å². The van der Waals surface area contributed by atoms with Crippen LogP contribution in [0.2, 0.25) is 0 Å². The second kappa shape index (κ2) is 12.5. The van der Waals surface area contributed by atoms with Crippen LogP contribution in [0, 0.1) is 6.92 Å². The molecule has 1 amide bonds. The summed E-state index contributed by atoms with van der Waals surface area (Å²) in [6.45, 7) is 2.72. The molecule has 9 heteroatoms. The van der Waals surface area contributed by atoms with Gasteiger partial charge in [-0.15, -0.1) is 24.0 Å². The molecule has 29 heavy (non-hydrogen) atoms. The number of carbonyl (C=O) groups excluding carboxylic acids is 1. The summed E-state index contributed by atoms with van der Waals surface area (Å²) >= 11 is 3.40. The number of aryl methyl sites for hydroxylation is 1. The Morgan fingerprint density at radius 3 is 2.55 bits per heavy atom. The molecule has 0 heterocycles. The highest BCUT2D eigenvalue weighted by molar-refractivity contribution is 14.0. The van der Waals surface area contributed by atoms with Crippen LogP contribution < -0.4 is 25.8 Å². The van der Waals surface area contributed by atoms with Gasteiger partial charge in [0, 0.05) is 23.1 Å². The van der Waals surface area contributed by atoms with Crippen molar-refractivity contribution in [1.29, 1.82) is 0 Å². The molecule has 0 aromatic heterocycles. The molecule has 0 unspecified atom stereocenters. The van der Waals surface area contributed by atoms with Crippen molar-refractivity contribution < 1.29 is 14.3 Å². The maximum atomic E-state index is 12.1. The average Bonchev–Trinajstić information content (AvgIpc) is 2.68. The first-order chi connectivity index (χ1) is 13.4. The van der Waals surface area contributed by atoms with E-state index in [-0.39, 0.29) is 42.3 Å². The normalized spacial score (nSPS) is 10.7. The van der Waals surface area contributed by atoms with Crippen LogP contribution in [-0.2, 0) is 11.3 Å². The fourth-order valence-electron chi connectivity index (χ4n) is 2.46. The molecule has 0 aliphatic heterocycles. The third-order valence-electron chi connectivity index (χ3n) is 4.01. The van der Waals surface area contributed by atoms with Crippen molar-refractivity contribution in [2.75, 3.05) is 26.1 Å². The van der Waals surface area contributed by atoms with Crippen LogP contribution in [0.25, 0.3) is 0 Å². The fraction of sp³-hybridized carbons (Fsp3) is 0.300. The third-order valence-corrected chi connectivity index (χ3v) is 4.51. The minimum absolute atomic E-state index is 0. The van der Waals surface area contributed by atoms with Crippen LogP contribution in [0.5, 0.6) is 11.5 Å². The van der Waals surface area contributed by atoms with Crippen LogP contribution in [-0.4, -0.2) is 32.6 Å². The van der Waals surface area contributed by atoms with E-state index in [1.165, 1.54) is 0 Å². The van der Waals surface area contributed by atoms with E-state index in [9.17, 15) is 4.79 Å². The average molecular weight is 577 g/mol. The van der Waals surface area contributed by atoms with Crippen molar-refractivity contribution >= 4 is 57.5 Å². The monoisotopic (exact) mass is 576 g/mol. The molecule has 0 spiro atoms. The molecule has 4 N–H and O–H groups in total. The number of ether oxygens (including phenoxy) is 2. The number of carbonyl (C=O) groups is 1. The number of amides is 1. The Hall–Kier alpha value is -2.01. The number of methoxy groups -OCH3 is 2. The highest BCUT2D eigenvalue weighted by Crippen LogP contribution is 2.27. The summed E-state index contributed by atoms with van der Waals surface area (Å²) in [4.78, 5) is 16.4. The Morgan fingerprint density at radius 2 is 1.86 bits per heavy atom. The second-order valence-electron chi connectivity index (χ2n) is 6.08. The number of benzene rings is 2. The van der Waals surface area contributed by atoms with Crippen molar-refractivity contribution in [3.63, 3.8) is 0 Å². The molecular formula is C20H26BrIN4O3. The van der Waals surface area contributed by atoms with E-state index in [0.29, 0.717) is 24.6 Å². The summed E-state index contributed by atoms with van der Waals surface area (Å²) in [6, 6.07) is 11.3. The zero-order chi connectivity index (χ0) is 20.5. The number of halogens is 2. The van der Waals surface area contributed by atoms with Gasteiger partial charge in [-0.25, -0.2) is 4.99 Å². The molecule has 158 valence electrons.